The lowest BCUT2D eigenvalue weighted by molar-refractivity contribution is 0.0696. The van der Waals surface area contributed by atoms with Crippen molar-refractivity contribution >= 4 is 23.4 Å². The van der Waals surface area contributed by atoms with Crippen molar-refractivity contribution in [3.8, 4) is 0 Å². The van der Waals surface area contributed by atoms with Crippen LogP contribution < -0.4 is 5.32 Å². The van der Waals surface area contributed by atoms with Gasteiger partial charge in [0.25, 0.3) is 0 Å². The number of hydrogen-bond acceptors (Lipinski definition) is 4. The molecular formula is C14H20ClN3O2. The van der Waals surface area contributed by atoms with Crippen LogP contribution in [-0.2, 0) is 0 Å². The number of carboxylic acid groups (broad SMARTS) is 1. The summed E-state index contributed by atoms with van der Waals surface area (Å²) in [6.45, 7) is 7.43. The van der Waals surface area contributed by atoms with Crippen LogP contribution in [0.4, 0.5) is 5.82 Å². The molecule has 6 heteroatoms. The summed E-state index contributed by atoms with van der Waals surface area (Å²) < 4.78 is 0. The van der Waals surface area contributed by atoms with E-state index in [1.807, 2.05) is 0 Å². The van der Waals surface area contributed by atoms with Gasteiger partial charge in [-0.05, 0) is 38.8 Å². The van der Waals surface area contributed by atoms with Crippen LogP contribution in [0.2, 0.25) is 5.02 Å². The van der Waals surface area contributed by atoms with Crippen LogP contribution in [0.5, 0.6) is 0 Å². The zero-order chi connectivity index (χ0) is 14.7. The quantitative estimate of drug-likeness (QED) is 0.874. The first-order valence-corrected chi connectivity index (χ1v) is 7.22. The van der Waals surface area contributed by atoms with E-state index < -0.39 is 5.97 Å². The number of rotatable bonds is 5. The van der Waals surface area contributed by atoms with Crippen LogP contribution in [0.15, 0.2) is 12.3 Å². The van der Waals surface area contributed by atoms with Crippen LogP contribution in [0, 0.1) is 5.92 Å². The molecule has 0 saturated carbocycles. The number of nitrogens with zero attached hydrogens (tertiary/aromatic N) is 2. The average molecular weight is 298 g/mol. The molecule has 0 bridgehead atoms. The Morgan fingerprint density at radius 2 is 2.40 bits per heavy atom. The number of nitrogens with one attached hydrogen (secondary N) is 1. The van der Waals surface area contributed by atoms with Gasteiger partial charge in [0.2, 0.25) is 0 Å². The highest BCUT2D eigenvalue weighted by atomic mass is 35.5. The summed E-state index contributed by atoms with van der Waals surface area (Å²) in [5.41, 5.74) is 0.104. The molecule has 1 fully saturated rings. The topological polar surface area (TPSA) is 65.5 Å². The molecule has 20 heavy (non-hydrogen) atoms. The second-order valence-electron chi connectivity index (χ2n) is 5.48. The fourth-order valence-corrected chi connectivity index (χ4v) is 2.66. The molecule has 0 aromatic carbocycles. The number of pyridine rings is 1. The third-order valence-electron chi connectivity index (χ3n) is 3.69. The van der Waals surface area contributed by atoms with Crippen molar-refractivity contribution in [1.29, 1.82) is 0 Å². The minimum absolute atomic E-state index is 0.104. The van der Waals surface area contributed by atoms with Crippen LogP contribution in [0.1, 0.15) is 30.6 Å². The second kappa shape index (κ2) is 6.41. The fourth-order valence-electron chi connectivity index (χ4n) is 2.42. The highest BCUT2D eigenvalue weighted by Gasteiger charge is 2.24. The third-order valence-corrected chi connectivity index (χ3v) is 3.98. The fraction of sp³-hybridized carbons (Fsp3) is 0.571. The molecule has 1 aromatic rings. The van der Waals surface area contributed by atoms with Crippen molar-refractivity contribution in [2.45, 2.75) is 26.3 Å². The molecule has 0 amide bonds. The van der Waals surface area contributed by atoms with Crippen LogP contribution >= 0.6 is 11.6 Å². The van der Waals surface area contributed by atoms with Crippen molar-refractivity contribution in [2.24, 2.45) is 5.92 Å². The Hall–Kier alpha value is -1.33. The summed E-state index contributed by atoms with van der Waals surface area (Å²) in [6, 6.07) is 2.01. The largest absolute Gasteiger partial charge is 0.478 e. The van der Waals surface area contributed by atoms with Crippen molar-refractivity contribution in [1.82, 2.24) is 9.88 Å². The van der Waals surface area contributed by atoms with E-state index in [1.165, 1.54) is 12.3 Å². The smallest absolute Gasteiger partial charge is 0.337 e. The number of anilines is 1. The Morgan fingerprint density at radius 1 is 1.65 bits per heavy atom. The highest BCUT2D eigenvalue weighted by molar-refractivity contribution is 6.33. The van der Waals surface area contributed by atoms with Gasteiger partial charge in [0.05, 0.1) is 10.6 Å². The normalized spacial score (nSPS) is 19.5. The number of likely N-dealkylation sites (tertiary alicyclic amines) is 1. The molecule has 2 N–H and O–H groups in total. The molecule has 1 atom stereocenters. The van der Waals surface area contributed by atoms with Crippen LogP contribution in [0.25, 0.3) is 0 Å². The molecule has 1 aliphatic heterocycles. The van der Waals surface area contributed by atoms with Gasteiger partial charge in [-0.1, -0.05) is 11.6 Å². The first kappa shape index (κ1) is 15.1. The summed E-state index contributed by atoms with van der Waals surface area (Å²) in [5, 5.41) is 12.4. The van der Waals surface area contributed by atoms with Crippen molar-refractivity contribution in [3.63, 3.8) is 0 Å². The lowest BCUT2D eigenvalue weighted by Gasteiger charge is -2.20. The van der Waals surface area contributed by atoms with Crippen molar-refractivity contribution in [2.75, 3.05) is 25.0 Å². The highest BCUT2D eigenvalue weighted by Crippen LogP contribution is 2.23. The van der Waals surface area contributed by atoms with Gasteiger partial charge in [-0.15, -0.1) is 0 Å². The first-order valence-electron chi connectivity index (χ1n) is 6.84. The molecule has 110 valence electrons. The standard InChI is InChI=1S/C14H20ClN3O2/c1-9(2)18-4-3-10(8-18)6-16-13-12(15)5-11(7-17-13)14(19)20/h5,7,9-10H,3-4,6,8H2,1-2H3,(H,16,17)(H,19,20). The molecule has 1 aliphatic rings. The Morgan fingerprint density at radius 3 is 2.95 bits per heavy atom. The molecule has 1 aromatic heterocycles. The van der Waals surface area contributed by atoms with E-state index in [9.17, 15) is 4.79 Å². The molecule has 1 saturated heterocycles. The van der Waals surface area contributed by atoms with Gasteiger partial charge in [-0.3, -0.25) is 0 Å². The predicted molar refractivity (Wildman–Crippen MR) is 79.5 cm³/mol. The summed E-state index contributed by atoms with van der Waals surface area (Å²) in [4.78, 5) is 17.3. The third kappa shape index (κ3) is 3.61. The monoisotopic (exact) mass is 297 g/mol. The van der Waals surface area contributed by atoms with E-state index in [1.54, 1.807) is 0 Å². The van der Waals surface area contributed by atoms with Gasteiger partial charge in [0, 0.05) is 25.3 Å². The molecule has 0 aliphatic carbocycles. The zero-order valence-electron chi connectivity index (χ0n) is 11.8. The van der Waals surface area contributed by atoms with E-state index in [0.717, 1.165) is 26.1 Å². The first-order chi connectivity index (χ1) is 9.47. The Kier molecular flexibility index (Phi) is 4.83. The van der Waals surface area contributed by atoms with Crippen molar-refractivity contribution < 1.29 is 9.90 Å². The van der Waals surface area contributed by atoms with Gasteiger partial charge in [-0.2, -0.15) is 0 Å². The Balaban J connectivity index is 1.90. The Bertz CT molecular complexity index is 493. The number of carboxylic acids is 1. The molecular weight excluding hydrogens is 278 g/mol. The predicted octanol–water partition coefficient (Wildman–Crippen LogP) is 2.58. The van der Waals surface area contributed by atoms with Gasteiger partial charge < -0.3 is 15.3 Å². The second-order valence-corrected chi connectivity index (χ2v) is 5.89. The molecule has 2 rings (SSSR count). The van der Waals surface area contributed by atoms with Crippen LogP contribution in [0.3, 0.4) is 0 Å². The van der Waals surface area contributed by atoms with Gasteiger partial charge in [0.15, 0.2) is 0 Å². The summed E-state index contributed by atoms with van der Waals surface area (Å²) in [7, 11) is 0. The zero-order valence-corrected chi connectivity index (χ0v) is 12.5. The number of aromatic nitrogens is 1. The lowest BCUT2D eigenvalue weighted by atomic mass is 10.1. The van der Waals surface area contributed by atoms with E-state index in [0.29, 0.717) is 22.8 Å². The SMILES string of the molecule is CC(C)N1CCC(CNc2ncc(C(=O)O)cc2Cl)C1. The van der Waals surface area contributed by atoms with E-state index >= 15 is 0 Å². The molecule has 5 nitrogen and oxygen atoms in total. The van der Waals surface area contributed by atoms with E-state index in [-0.39, 0.29) is 5.56 Å². The lowest BCUT2D eigenvalue weighted by Crippen LogP contribution is -2.29. The Labute approximate surface area is 123 Å². The van der Waals surface area contributed by atoms with E-state index in [2.05, 4.69) is 29.0 Å². The number of hydrogen-bond donors (Lipinski definition) is 2. The molecule has 0 radical (unpaired) electrons. The maximum atomic E-state index is 10.8. The van der Waals surface area contributed by atoms with Crippen LogP contribution in [-0.4, -0.2) is 46.6 Å². The summed E-state index contributed by atoms with van der Waals surface area (Å²) in [6.07, 6.45) is 2.49. The van der Waals surface area contributed by atoms with Gasteiger partial charge in [0.1, 0.15) is 5.82 Å². The molecule has 1 unspecified atom stereocenters. The maximum Gasteiger partial charge on any atom is 0.337 e. The van der Waals surface area contributed by atoms with Gasteiger partial charge in [-0.25, -0.2) is 9.78 Å². The molecule has 2 heterocycles. The number of carbonyl (C=O) groups is 1. The maximum absolute atomic E-state index is 10.8. The summed E-state index contributed by atoms with van der Waals surface area (Å²) in [5.74, 6) is 0.114. The van der Waals surface area contributed by atoms with E-state index in [4.69, 9.17) is 16.7 Å². The minimum atomic E-state index is -1.02. The summed E-state index contributed by atoms with van der Waals surface area (Å²) >= 11 is 6.04. The van der Waals surface area contributed by atoms with Crippen molar-refractivity contribution in [3.05, 3.63) is 22.8 Å². The average Bonchev–Trinajstić information content (AvgIpc) is 2.86. The van der Waals surface area contributed by atoms with Gasteiger partial charge >= 0.3 is 5.97 Å². The minimum Gasteiger partial charge on any atom is -0.478 e. The number of aromatic carboxylic acids is 1. The number of halogens is 1. The molecule has 0 spiro atoms.